The Bertz CT molecular complexity index is 442. The second-order valence-electron chi connectivity index (χ2n) is 5.34. The van der Waals surface area contributed by atoms with Crippen LogP contribution in [0.5, 0.6) is 0 Å². The molecule has 0 spiro atoms. The predicted octanol–water partition coefficient (Wildman–Crippen LogP) is -0.701. The van der Waals surface area contributed by atoms with E-state index in [1.165, 1.54) is 0 Å². The van der Waals surface area contributed by atoms with Crippen LogP contribution in [0, 0.1) is 5.41 Å². The van der Waals surface area contributed by atoms with Gasteiger partial charge in [0.2, 0.25) is 5.91 Å². The van der Waals surface area contributed by atoms with E-state index in [4.69, 9.17) is 5.11 Å². The van der Waals surface area contributed by atoms with Crippen LogP contribution in [0.3, 0.4) is 0 Å². The van der Waals surface area contributed by atoms with Gasteiger partial charge in [-0.15, -0.1) is 0 Å². The number of hydrogen-bond acceptors (Lipinski definition) is 4. The number of carboxylic acids is 1. The topological polar surface area (TPSA) is 116 Å². The maximum atomic E-state index is 11.7. The highest BCUT2D eigenvalue weighted by Crippen LogP contribution is 2.43. The summed E-state index contributed by atoms with van der Waals surface area (Å²) < 4.78 is 0. The van der Waals surface area contributed by atoms with Crippen molar-refractivity contribution in [1.29, 1.82) is 0 Å². The summed E-state index contributed by atoms with van der Waals surface area (Å²) in [6, 6.07) is -0.575. The van der Waals surface area contributed by atoms with Gasteiger partial charge in [0, 0.05) is 6.54 Å². The molecule has 2 rings (SSSR count). The first-order chi connectivity index (χ1) is 9.42. The number of nitrogens with one attached hydrogen (secondary N) is 2. The molecule has 110 valence electrons. The van der Waals surface area contributed by atoms with E-state index < -0.39 is 23.8 Å². The number of urea groups is 1. The third-order valence-electron chi connectivity index (χ3n) is 3.84. The van der Waals surface area contributed by atoms with Crippen molar-refractivity contribution in [2.24, 2.45) is 5.41 Å². The molecule has 0 aromatic carbocycles. The average Bonchev–Trinajstić information content (AvgIpc) is 2.64. The monoisotopic (exact) mass is 283 g/mol. The lowest BCUT2D eigenvalue weighted by molar-refractivity contribution is -0.141. The van der Waals surface area contributed by atoms with Gasteiger partial charge in [0.15, 0.2) is 0 Å². The summed E-state index contributed by atoms with van der Waals surface area (Å²) in [4.78, 5) is 46.0. The van der Waals surface area contributed by atoms with E-state index in [9.17, 15) is 19.2 Å². The summed E-state index contributed by atoms with van der Waals surface area (Å²) >= 11 is 0. The van der Waals surface area contributed by atoms with E-state index >= 15 is 0 Å². The van der Waals surface area contributed by atoms with Crippen LogP contribution in [0.25, 0.3) is 0 Å². The third-order valence-corrected chi connectivity index (χ3v) is 3.84. The fourth-order valence-corrected chi connectivity index (χ4v) is 2.51. The van der Waals surface area contributed by atoms with Gasteiger partial charge < -0.3 is 15.7 Å². The number of carbonyl (C=O) groups is 4. The first kappa shape index (κ1) is 14.3. The Hall–Kier alpha value is -2.12. The number of nitrogens with zero attached hydrogens (tertiary/aromatic N) is 1. The van der Waals surface area contributed by atoms with Crippen molar-refractivity contribution in [1.82, 2.24) is 15.5 Å². The molecule has 1 aliphatic heterocycles. The zero-order valence-electron chi connectivity index (χ0n) is 11.0. The van der Waals surface area contributed by atoms with Crippen molar-refractivity contribution in [2.45, 2.75) is 25.7 Å². The van der Waals surface area contributed by atoms with E-state index in [0.717, 1.165) is 24.2 Å². The number of aliphatic carboxylic acids is 1. The highest BCUT2D eigenvalue weighted by atomic mass is 16.4. The molecule has 1 heterocycles. The first-order valence-electron chi connectivity index (χ1n) is 6.49. The smallest absolute Gasteiger partial charge is 0.325 e. The molecule has 8 nitrogen and oxygen atoms in total. The van der Waals surface area contributed by atoms with Crippen molar-refractivity contribution in [3.8, 4) is 0 Å². The average molecular weight is 283 g/mol. The van der Waals surface area contributed by atoms with Gasteiger partial charge in [0.05, 0.1) is 13.0 Å². The molecular weight excluding hydrogens is 266 g/mol. The summed E-state index contributed by atoms with van der Waals surface area (Å²) in [6.07, 6.45) is 2.51. The minimum Gasteiger partial charge on any atom is -0.481 e. The molecule has 0 unspecified atom stereocenters. The van der Waals surface area contributed by atoms with Crippen molar-refractivity contribution in [3.05, 3.63) is 0 Å². The van der Waals surface area contributed by atoms with E-state index in [-0.39, 0.29) is 31.5 Å². The molecule has 8 heteroatoms. The van der Waals surface area contributed by atoms with Crippen molar-refractivity contribution in [3.63, 3.8) is 0 Å². The number of amides is 4. The molecular formula is C12H17N3O5. The van der Waals surface area contributed by atoms with E-state index in [0.29, 0.717) is 0 Å². The highest BCUT2D eigenvalue weighted by molar-refractivity contribution is 6.04. The molecule has 0 radical (unpaired) electrons. The van der Waals surface area contributed by atoms with Gasteiger partial charge in [-0.05, 0) is 18.3 Å². The Balaban J connectivity index is 1.81. The Morgan fingerprint density at radius 3 is 2.50 bits per heavy atom. The maximum absolute atomic E-state index is 11.7. The molecule has 1 saturated carbocycles. The SMILES string of the molecule is O=C(O)CC1(CNC(=O)CN2C(=O)CNC2=O)CCC1. The number of hydrogen-bond donors (Lipinski definition) is 3. The van der Waals surface area contributed by atoms with Gasteiger partial charge in [0.25, 0.3) is 5.91 Å². The zero-order chi connectivity index (χ0) is 14.8. The summed E-state index contributed by atoms with van der Waals surface area (Å²) in [7, 11) is 0. The molecule has 0 bridgehead atoms. The van der Waals surface area contributed by atoms with Crippen LogP contribution in [0.2, 0.25) is 0 Å². The van der Waals surface area contributed by atoms with Crippen LogP contribution in [-0.2, 0) is 14.4 Å². The molecule has 1 saturated heterocycles. The molecule has 20 heavy (non-hydrogen) atoms. The quantitative estimate of drug-likeness (QED) is 0.557. The lowest BCUT2D eigenvalue weighted by Gasteiger charge is -2.40. The summed E-state index contributed by atoms with van der Waals surface area (Å²) in [5, 5.41) is 13.8. The minimum absolute atomic E-state index is 0.0242. The van der Waals surface area contributed by atoms with Gasteiger partial charge in [-0.25, -0.2) is 4.79 Å². The van der Waals surface area contributed by atoms with Crippen LogP contribution < -0.4 is 10.6 Å². The van der Waals surface area contributed by atoms with Gasteiger partial charge >= 0.3 is 12.0 Å². The molecule has 1 aliphatic carbocycles. The fraction of sp³-hybridized carbons (Fsp3) is 0.667. The Morgan fingerprint density at radius 1 is 1.35 bits per heavy atom. The molecule has 0 aromatic heterocycles. The Labute approximate surface area is 115 Å². The molecule has 0 atom stereocenters. The first-order valence-corrected chi connectivity index (χ1v) is 6.49. The molecule has 0 aromatic rings. The zero-order valence-corrected chi connectivity index (χ0v) is 11.0. The van der Waals surface area contributed by atoms with Gasteiger partial charge in [-0.3, -0.25) is 19.3 Å². The van der Waals surface area contributed by atoms with Crippen molar-refractivity contribution in [2.75, 3.05) is 19.6 Å². The predicted molar refractivity (Wildman–Crippen MR) is 66.7 cm³/mol. The number of rotatable bonds is 6. The van der Waals surface area contributed by atoms with Gasteiger partial charge in [-0.1, -0.05) is 6.42 Å². The lowest BCUT2D eigenvalue weighted by atomic mass is 9.66. The number of imide groups is 1. The Kier molecular flexibility index (Phi) is 3.91. The molecule has 2 aliphatic rings. The number of carbonyl (C=O) groups excluding carboxylic acids is 3. The normalized spacial score (nSPS) is 20.3. The van der Waals surface area contributed by atoms with E-state index in [1.54, 1.807) is 0 Å². The van der Waals surface area contributed by atoms with E-state index in [2.05, 4.69) is 10.6 Å². The van der Waals surface area contributed by atoms with Crippen LogP contribution in [0.1, 0.15) is 25.7 Å². The largest absolute Gasteiger partial charge is 0.481 e. The van der Waals surface area contributed by atoms with Gasteiger partial charge in [0.1, 0.15) is 6.54 Å². The molecule has 3 N–H and O–H groups in total. The Morgan fingerprint density at radius 2 is 2.05 bits per heavy atom. The summed E-state index contributed by atoms with van der Waals surface area (Å²) in [6.45, 7) is -0.148. The van der Waals surface area contributed by atoms with Crippen LogP contribution in [-0.4, -0.2) is 53.5 Å². The standard InChI is InChI=1S/C12H17N3O5/c16-8(6-15-9(17)5-13-11(15)20)14-7-12(2-1-3-12)4-10(18)19/h1-7H2,(H,13,20)(H,14,16)(H,18,19). The summed E-state index contributed by atoms with van der Waals surface area (Å²) in [5.41, 5.74) is -0.376. The van der Waals surface area contributed by atoms with Crippen molar-refractivity contribution < 1.29 is 24.3 Å². The fourth-order valence-electron chi connectivity index (χ4n) is 2.51. The van der Waals surface area contributed by atoms with Crippen LogP contribution in [0.4, 0.5) is 4.79 Å². The van der Waals surface area contributed by atoms with Crippen LogP contribution in [0.15, 0.2) is 0 Å². The second-order valence-corrected chi connectivity index (χ2v) is 5.34. The minimum atomic E-state index is -0.881. The maximum Gasteiger partial charge on any atom is 0.325 e. The lowest BCUT2D eigenvalue weighted by Crippen LogP contribution is -2.47. The van der Waals surface area contributed by atoms with E-state index in [1.807, 2.05) is 0 Å². The van der Waals surface area contributed by atoms with Crippen LogP contribution >= 0.6 is 0 Å². The molecule has 4 amide bonds. The number of carboxylic acid groups (broad SMARTS) is 1. The second kappa shape index (κ2) is 5.48. The molecule has 2 fully saturated rings. The van der Waals surface area contributed by atoms with Crippen molar-refractivity contribution >= 4 is 23.8 Å². The third kappa shape index (κ3) is 3.06. The van der Waals surface area contributed by atoms with Gasteiger partial charge in [-0.2, -0.15) is 0 Å². The summed E-state index contributed by atoms with van der Waals surface area (Å²) in [5.74, 6) is -1.77. The highest BCUT2D eigenvalue weighted by Gasteiger charge is 2.39.